The summed E-state index contributed by atoms with van der Waals surface area (Å²) < 4.78 is 0.873. The number of anilines is 2. The van der Waals surface area contributed by atoms with E-state index in [1.165, 1.54) is 0 Å². The Morgan fingerprint density at radius 3 is 2.59 bits per heavy atom. The van der Waals surface area contributed by atoms with Gasteiger partial charge < -0.3 is 5.32 Å². The fourth-order valence-corrected chi connectivity index (χ4v) is 2.06. The zero-order valence-electron chi connectivity index (χ0n) is 8.09. The van der Waals surface area contributed by atoms with Gasteiger partial charge in [0, 0.05) is 4.47 Å². The van der Waals surface area contributed by atoms with Crippen LogP contribution in [-0.4, -0.2) is 15.2 Å². The van der Waals surface area contributed by atoms with Crippen LogP contribution in [0.25, 0.3) is 0 Å². The van der Waals surface area contributed by atoms with E-state index in [1.54, 1.807) is 12.1 Å². The molecule has 0 bridgehead atoms. The van der Waals surface area contributed by atoms with Crippen LogP contribution in [0, 0.1) is 0 Å². The summed E-state index contributed by atoms with van der Waals surface area (Å²) in [6.07, 6.45) is 0. The van der Waals surface area contributed by atoms with Crippen molar-refractivity contribution in [2.75, 3.05) is 5.32 Å². The van der Waals surface area contributed by atoms with Gasteiger partial charge >= 0.3 is 0 Å². The number of rotatable bonds is 2. The van der Waals surface area contributed by atoms with Crippen molar-refractivity contribution in [1.82, 2.24) is 15.2 Å². The molecule has 8 heteroatoms. The third-order valence-electron chi connectivity index (χ3n) is 1.80. The Kier molecular flexibility index (Phi) is 4.04. The third kappa shape index (κ3) is 3.19. The fourth-order valence-electron chi connectivity index (χ4n) is 1.09. The monoisotopic (exact) mass is 352 g/mol. The fraction of sp³-hybridized carbons (Fsp3) is 0. The zero-order chi connectivity index (χ0) is 12.4. The zero-order valence-corrected chi connectivity index (χ0v) is 11.9. The summed E-state index contributed by atoms with van der Waals surface area (Å²) in [7, 11) is 0. The average Bonchev–Trinajstić information content (AvgIpc) is 2.27. The Hall–Kier alpha value is -0.620. The van der Waals surface area contributed by atoms with E-state index in [9.17, 15) is 0 Å². The van der Waals surface area contributed by atoms with Crippen LogP contribution < -0.4 is 5.32 Å². The second-order valence-electron chi connectivity index (χ2n) is 2.97. The maximum absolute atomic E-state index is 6.04. The van der Waals surface area contributed by atoms with Crippen LogP contribution in [0.4, 0.5) is 11.5 Å². The van der Waals surface area contributed by atoms with Gasteiger partial charge in [0.15, 0.2) is 11.0 Å². The van der Waals surface area contributed by atoms with Crippen molar-refractivity contribution in [3.05, 3.63) is 38.1 Å². The first-order chi connectivity index (χ1) is 8.06. The normalized spacial score (nSPS) is 10.4. The van der Waals surface area contributed by atoms with Crippen LogP contribution >= 0.6 is 50.7 Å². The second kappa shape index (κ2) is 5.35. The van der Waals surface area contributed by atoms with E-state index in [4.69, 9.17) is 34.8 Å². The number of aromatic nitrogens is 3. The summed E-state index contributed by atoms with van der Waals surface area (Å²) in [5, 5.41) is 10.7. The van der Waals surface area contributed by atoms with Crippen molar-refractivity contribution in [1.29, 1.82) is 0 Å². The van der Waals surface area contributed by atoms with Crippen molar-refractivity contribution in [3.8, 4) is 0 Å². The summed E-state index contributed by atoms with van der Waals surface area (Å²) in [5.41, 5.74) is 0.647. The summed E-state index contributed by atoms with van der Waals surface area (Å²) in [4.78, 5) is 3.91. The van der Waals surface area contributed by atoms with Gasteiger partial charge in [0.05, 0.1) is 10.7 Å². The molecule has 0 atom stereocenters. The Bertz CT molecular complexity index is 564. The lowest BCUT2D eigenvalue weighted by atomic mass is 10.3. The minimum absolute atomic E-state index is 0.00475. The molecule has 2 aromatic rings. The topological polar surface area (TPSA) is 50.7 Å². The van der Waals surface area contributed by atoms with Crippen LogP contribution in [-0.2, 0) is 0 Å². The summed E-state index contributed by atoms with van der Waals surface area (Å²) >= 11 is 20.8. The van der Waals surface area contributed by atoms with Gasteiger partial charge in [-0.2, -0.15) is 4.98 Å². The van der Waals surface area contributed by atoms with Crippen molar-refractivity contribution in [2.24, 2.45) is 0 Å². The molecular formula is C9H4BrCl3N4. The Morgan fingerprint density at radius 2 is 1.88 bits per heavy atom. The first kappa shape index (κ1) is 12.8. The highest BCUT2D eigenvalue weighted by atomic mass is 79.9. The van der Waals surface area contributed by atoms with Gasteiger partial charge in [-0.1, -0.05) is 39.1 Å². The van der Waals surface area contributed by atoms with Gasteiger partial charge in [-0.15, -0.1) is 10.2 Å². The van der Waals surface area contributed by atoms with Crippen molar-refractivity contribution in [2.45, 2.75) is 0 Å². The lowest BCUT2D eigenvalue weighted by Crippen LogP contribution is -1.99. The highest BCUT2D eigenvalue weighted by Crippen LogP contribution is 2.29. The minimum atomic E-state index is 0.00475. The molecule has 4 nitrogen and oxygen atoms in total. The summed E-state index contributed by atoms with van der Waals surface area (Å²) in [6.45, 7) is 0. The number of nitrogens with one attached hydrogen (secondary N) is 1. The molecule has 1 aromatic heterocycles. The van der Waals surface area contributed by atoms with Gasteiger partial charge in [-0.25, -0.2) is 0 Å². The lowest BCUT2D eigenvalue weighted by Gasteiger charge is -2.08. The largest absolute Gasteiger partial charge is 0.336 e. The van der Waals surface area contributed by atoms with Gasteiger partial charge in [0.2, 0.25) is 5.28 Å². The smallest absolute Gasteiger partial charge is 0.245 e. The molecule has 0 amide bonds. The SMILES string of the molecule is Clc1nnc(Cl)c(Nc2ccc(Br)cc2Cl)n1. The van der Waals surface area contributed by atoms with Gasteiger partial charge in [0.25, 0.3) is 0 Å². The molecule has 0 aliphatic carbocycles. The number of halogens is 4. The van der Waals surface area contributed by atoms with Crippen LogP contribution in [0.5, 0.6) is 0 Å². The van der Waals surface area contributed by atoms with E-state index in [2.05, 4.69) is 36.4 Å². The van der Waals surface area contributed by atoms with E-state index in [0.29, 0.717) is 16.5 Å². The lowest BCUT2D eigenvalue weighted by molar-refractivity contribution is 0.975. The number of hydrogen-bond acceptors (Lipinski definition) is 4. The van der Waals surface area contributed by atoms with E-state index in [0.717, 1.165) is 4.47 Å². The molecule has 17 heavy (non-hydrogen) atoms. The van der Waals surface area contributed by atoms with Gasteiger partial charge in [0.1, 0.15) is 0 Å². The quantitative estimate of drug-likeness (QED) is 0.872. The van der Waals surface area contributed by atoms with E-state index >= 15 is 0 Å². The molecule has 0 radical (unpaired) electrons. The van der Waals surface area contributed by atoms with E-state index < -0.39 is 0 Å². The molecule has 0 aliphatic heterocycles. The maximum Gasteiger partial charge on any atom is 0.245 e. The molecule has 0 spiro atoms. The molecule has 1 N–H and O–H groups in total. The highest BCUT2D eigenvalue weighted by Gasteiger charge is 2.08. The van der Waals surface area contributed by atoms with Crippen molar-refractivity contribution in [3.63, 3.8) is 0 Å². The predicted molar refractivity (Wildman–Crippen MR) is 72.3 cm³/mol. The van der Waals surface area contributed by atoms with Crippen LogP contribution in [0.15, 0.2) is 22.7 Å². The molecule has 0 unspecified atom stereocenters. The number of benzene rings is 1. The number of hydrogen-bond donors (Lipinski definition) is 1. The van der Waals surface area contributed by atoms with E-state index in [1.807, 2.05) is 6.07 Å². The van der Waals surface area contributed by atoms with Crippen LogP contribution in [0.3, 0.4) is 0 Å². The molecule has 1 heterocycles. The molecule has 0 aliphatic rings. The van der Waals surface area contributed by atoms with Gasteiger partial charge in [-0.05, 0) is 29.8 Å². The van der Waals surface area contributed by atoms with Crippen LogP contribution in [0.1, 0.15) is 0 Å². The van der Waals surface area contributed by atoms with Gasteiger partial charge in [-0.3, -0.25) is 0 Å². The molecule has 1 aromatic carbocycles. The first-order valence-electron chi connectivity index (χ1n) is 4.34. The van der Waals surface area contributed by atoms with Crippen LogP contribution in [0.2, 0.25) is 15.5 Å². The van der Waals surface area contributed by atoms with Crippen molar-refractivity contribution < 1.29 is 0 Å². The van der Waals surface area contributed by atoms with E-state index in [-0.39, 0.29) is 10.4 Å². The number of nitrogens with zero attached hydrogens (tertiary/aromatic N) is 3. The predicted octanol–water partition coefficient (Wildman–Crippen LogP) is 4.34. The Balaban J connectivity index is 2.34. The molecular weight excluding hydrogens is 350 g/mol. The third-order valence-corrected chi connectivity index (χ3v) is 3.02. The minimum Gasteiger partial charge on any atom is -0.336 e. The average molecular weight is 354 g/mol. The molecule has 0 fully saturated rings. The Labute approximate surface area is 120 Å². The highest BCUT2D eigenvalue weighted by molar-refractivity contribution is 9.10. The summed E-state index contributed by atoms with van der Waals surface area (Å²) in [5.74, 6) is 0.302. The standard InChI is InChI=1S/C9H4BrCl3N4/c10-4-1-2-6(5(11)3-4)14-8-7(12)16-17-9(13)15-8/h1-3H,(H,14,15,17). The van der Waals surface area contributed by atoms with Crippen molar-refractivity contribution >= 4 is 62.2 Å². The Morgan fingerprint density at radius 1 is 1.12 bits per heavy atom. The molecule has 2 rings (SSSR count). The first-order valence-corrected chi connectivity index (χ1v) is 6.27. The maximum atomic E-state index is 6.04. The molecule has 0 saturated heterocycles. The second-order valence-corrected chi connectivity index (χ2v) is 4.99. The molecule has 88 valence electrons. The molecule has 0 saturated carbocycles. The summed E-state index contributed by atoms with van der Waals surface area (Å²) in [6, 6.07) is 5.35.